The molecule has 0 aliphatic heterocycles. The van der Waals surface area contributed by atoms with Crippen LogP contribution in [-0.2, 0) is 0 Å². The van der Waals surface area contributed by atoms with E-state index in [4.69, 9.17) is 0 Å². The summed E-state index contributed by atoms with van der Waals surface area (Å²) < 4.78 is 0. The maximum Gasteiger partial charge on any atom is 0.238 e. The van der Waals surface area contributed by atoms with Gasteiger partial charge in [0, 0.05) is 0 Å². The molecule has 0 heterocycles. The van der Waals surface area contributed by atoms with Gasteiger partial charge in [-0.05, 0) is 57.1 Å². The summed E-state index contributed by atoms with van der Waals surface area (Å²) in [4.78, 5) is 12.5. The molecule has 188 valence electrons. The molecule has 0 spiro atoms. The SMILES string of the molecule is O[P+](c1ccccc1)(c1ccccc1)c1ccc([Si](c2ccccc2)(c2ccccc2)c2ccccc2)cc1. The Kier molecular flexibility index (Phi) is 7.09. The molecule has 1 N–H and O–H groups in total. The van der Waals surface area contributed by atoms with Crippen LogP contribution in [-0.4, -0.2) is 13.0 Å². The van der Waals surface area contributed by atoms with Crippen LogP contribution in [0.1, 0.15) is 0 Å². The van der Waals surface area contributed by atoms with Crippen LogP contribution >= 0.6 is 7.49 Å². The lowest BCUT2D eigenvalue weighted by molar-refractivity contribution is 0.633. The molecule has 39 heavy (non-hydrogen) atoms. The Morgan fingerprint density at radius 1 is 0.308 bits per heavy atom. The van der Waals surface area contributed by atoms with E-state index >= 15 is 0 Å². The van der Waals surface area contributed by atoms with Crippen LogP contribution in [0.25, 0.3) is 0 Å². The molecule has 0 aliphatic rings. The van der Waals surface area contributed by atoms with Crippen LogP contribution in [0, 0.1) is 0 Å². The first kappa shape index (κ1) is 25.2. The fourth-order valence-electron chi connectivity index (χ4n) is 5.73. The van der Waals surface area contributed by atoms with Gasteiger partial charge in [0.05, 0.1) is 0 Å². The molecule has 0 saturated carbocycles. The Balaban J connectivity index is 1.59. The molecule has 6 aromatic rings. The van der Waals surface area contributed by atoms with Crippen molar-refractivity contribution in [2.24, 2.45) is 0 Å². The summed E-state index contributed by atoms with van der Waals surface area (Å²) in [6, 6.07) is 61.9. The van der Waals surface area contributed by atoms with Crippen LogP contribution in [0.5, 0.6) is 0 Å². The van der Waals surface area contributed by atoms with Gasteiger partial charge in [0.25, 0.3) is 0 Å². The normalized spacial score (nSPS) is 11.7. The van der Waals surface area contributed by atoms with Crippen LogP contribution in [0.3, 0.4) is 0 Å². The zero-order chi connectivity index (χ0) is 26.5. The third-order valence-electron chi connectivity index (χ3n) is 7.55. The van der Waals surface area contributed by atoms with Gasteiger partial charge in [-0.25, -0.2) is 4.89 Å². The standard InChI is InChI=1S/C36H30OPSi/c37-38(30-16-6-1-7-17-30,31-18-8-2-9-19-31)32-26-28-36(29-27-32)39(33-20-10-3-11-21-33,34-22-12-4-13-23-34)35-24-14-5-15-25-35/h1-29,37H/q+1. The third kappa shape index (κ3) is 4.47. The lowest BCUT2D eigenvalue weighted by Gasteiger charge is -2.34. The molecule has 3 heteroatoms. The number of hydrogen-bond acceptors (Lipinski definition) is 1. The maximum atomic E-state index is 12.5. The van der Waals surface area contributed by atoms with E-state index < -0.39 is 15.6 Å². The molecule has 6 rings (SSSR count). The Morgan fingerprint density at radius 3 is 0.897 bits per heavy atom. The van der Waals surface area contributed by atoms with E-state index in [1.165, 1.54) is 20.7 Å². The number of hydrogen-bond donors (Lipinski definition) is 1. The van der Waals surface area contributed by atoms with E-state index in [0.717, 1.165) is 15.9 Å². The van der Waals surface area contributed by atoms with E-state index in [0.29, 0.717) is 0 Å². The number of benzene rings is 6. The first-order chi connectivity index (χ1) is 19.2. The van der Waals surface area contributed by atoms with Gasteiger partial charge in [0.15, 0.2) is 8.07 Å². The van der Waals surface area contributed by atoms with E-state index in [-0.39, 0.29) is 0 Å². The van der Waals surface area contributed by atoms with Crippen molar-refractivity contribution in [3.8, 4) is 0 Å². The van der Waals surface area contributed by atoms with E-state index in [9.17, 15) is 4.89 Å². The van der Waals surface area contributed by atoms with Crippen molar-refractivity contribution >= 4 is 52.2 Å². The van der Waals surface area contributed by atoms with Crippen LogP contribution < -0.4 is 36.7 Å². The lowest BCUT2D eigenvalue weighted by atomic mass is 10.3. The molecule has 0 amide bonds. The summed E-state index contributed by atoms with van der Waals surface area (Å²) in [5.74, 6) is 0. The first-order valence-electron chi connectivity index (χ1n) is 13.2. The molecule has 0 aliphatic carbocycles. The maximum absolute atomic E-state index is 12.5. The second-order valence-corrected chi connectivity index (χ2v) is 16.3. The molecule has 0 atom stereocenters. The van der Waals surface area contributed by atoms with Crippen molar-refractivity contribution < 1.29 is 4.89 Å². The van der Waals surface area contributed by atoms with Crippen molar-refractivity contribution in [2.45, 2.75) is 0 Å². The van der Waals surface area contributed by atoms with Crippen LogP contribution in [0.15, 0.2) is 176 Å². The van der Waals surface area contributed by atoms with Gasteiger partial charge in [-0.2, -0.15) is 0 Å². The predicted octanol–water partition coefficient (Wildman–Crippen LogP) is 4.27. The lowest BCUT2D eigenvalue weighted by Crippen LogP contribution is -2.74. The Hall–Kier alpha value is -4.07. The van der Waals surface area contributed by atoms with Crippen molar-refractivity contribution in [1.82, 2.24) is 0 Å². The highest BCUT2D eigenvalue weighted by molar-refractivity contribution is 7.91. The van der Waals surface area contributed by atoms with Gasteiger partial charge >= 0.3 is 0 Å². The van der Waals surface area contributed by atoms with E-state index in [1.807, 2.05) is 60.7 Å². The van der Waals surface area contributed by atoms with Gasteiger partial charge in [-0.1, -0.05) is 140 Å². The van der Waals surface area contributed by atoms with Gasteiger partial charge in [0.1, 0.15) is 15.9 Å². The van der Waals surface area contributed by atoms with E-state index in [1.54, 1.807) is 0 Å². The third-order valence-corrected chi connectivity index (χ3v) is 15.5. The van der Waals surface area contributed by atoms with Crippen LogP contribution in [0.2, 0.25) is 0 Å². The molecule has 6 aromatic carbocycles. The minimum Gasteiger partial charge on any atom is -0.235 e. The average Bonchev–Trinajstić information content (AvgIpc) is 3.04. The summed E-state index contributed by atoms with van der Waals surface area (Å²) in [6.45, 7) is 0. The molecule has 0 unspecified atom stereocenters. The summed E-state index contributed by atoms with van der Waals surface area (Å²) in [7, 11) is -5.41. The summed E-state index contributed by atoms with van der Waals surface area (Å²) in [5, 5.41) is 8.19. The van der Waals surface area contributed by atoms with Crippen molar-refractivity contribution in [3.05, 3.63) is 176 Å². The second kappa shape index (κ2) is 11.0. The van der Waals surface area contributed by atoms with E-state index in [2.05, 4.69) is 115 Å². The highest BCUT2D eigenvalue weighted by Crippen LogP contribution is 2.50. The van der Waals surface area contributed by atoms with Crippen molar-refractivity contribution in [3.63, 3.8) is 0 Å². The molecule has 0 aromatic heterocycles. The first-order valence-corrected chi connectivity index (χ1v) is 17.0. The van der Waals surface area contributed by atoms with Gasteiger partial charge in [-0.15, -0.1) is 0 Å². The molecular weight excluding hydrogens is 507 g/mol. The zero-order valence-corrected chi connectivity index (χ0v) is 23.5. The smallest absolute Gasteiger partial charge is 0.235 e. The largest absolute Gasteiger partial charge is 0.238 e. The highest BCUT2D eigenvalue weighted by Gasteiger charge is 2.46. The fourth-order valence-corrected chi connectivity index (χ4v) is 13.2. The molecule has 0 bridgehead atoms. The van der Waals surface area contributed by atoms with Gasteiger partial charge in [-0.3, -0.25) is 0 Å². The summed E-state index contributed by atoms with van der Waals surface area (Å²) >= 11 is 0. The fraction of sp³-hybridized carbons (Fsp3) is 0. The second-order valence-electron chi connectivity index (χ2n) is 9.70. The Bertz CT molecular complexity index is 1490. The zero-order valence-electron chi connectivity index (χ0n) is 21.6. The minimum atomic E-state index is -2.80. The molecule has 0 fully saturated rings. The van der Waals surface area contributed by atoms with Crippen molar-refractivity contribution in [1.29, 1.82) is 0 Å². The molecule has 0 saturated heterocycles. The van der Waals surface area contributed by atoms with Crippen LogP contribution in [0.4, 0.5) is 0 Å². The quantitative estimate of drug-likeness (QED) is 0.183. The topological polar surface area (TPSA) is 20.2 Å². The number of rotatable bonds is 7. The highest BCUT2D eigenvalue weighted by atomic mass is 31.2. The Labute approximate surface area is 232 Å². The average molecular weight is 538 g/mol. The predicted molar refractivity (Wildman–Crippen MR) is 171 cm³/mol. The Morgan fingerprint density at radius 2 is 0.564 bits per heavy atom. The van der Waals surface area contributed by atoms with Gasteiger partial charge in [0.2, 0.25) is 7.49 Å². The molecule has 1 nitrogen and oxygen atoms in total. The molecule has 0 radical (unpaired) electrons. The minimum absolute atomic E-state index is 0.959. The summed E-state index contributed by atoms with van der Waals surface area (Å²) in [6.07, 6.45) is 0. The van der Waals surface area contributed by atoms with Gasteiger partial charge < -0.3 is 0 Å². The summed E-state index contributed by atoms with van der Waals surface area (Å²) in [5.41, 5.74) is 0. The monoisotopic (exact) mass is 537 g/mol. The molecular formula is C36H30OPSi+. The van der Waals surface area contributed by atoms with Crippen molar-refractivity contribution in [2.75, 3.05) is 0 Å².